The Morgan fingerprint density at radius 2 is 1.80 bits per heavy atom. The van der Waals surface area contributed by atoms with Gasteiger partial charge in [-0.1, -0.05) is 6.92 Å². The van der Waals surface area contributed by atoms with Crippen LogP contribution in [0.25, 0.3) is 0 Å². The van der Waals surface area contributed by atoms with E-state index in [0.29, 0.717) is 30.5 Å². The molecule has 1 heterocycles. The maximum absolute atomic E-state index is 12.1. The Kier molecular flexibility index (Phi) is 6.09. The molecule has 0 aromatic rings. The summed E-state index contributed by atoms with van der Waals surface area (Å²) in [6, 6.07) is 0. The first-order valence-corrected chi connectivity index (χ1v) is 8.48. The first kappa shape index (κ1) is 17.5. The first-order chi connectivity index (χ1) is 9.24. The maximum Gasteiger partial charge on any atom is 0.410 e. The monoisotopic (exact) mass is 397 g/mol. The molecule has 116 valence electrons. The molecule has 0 radical (unpaired) electrons. The average Bonchev–Trinajstić information content (AvgIpc) is 2.37. The summed E-state index contributed by atoms with van der Waals surface area (Å²) < 4.78 is 10.9. The number of halogens is 1. The van der Waals surface area contributed by atoms with Gasteiger partial charge in [-0.25, -0.2) is 4.79 Å². The van der Waals surface area contributed by atoms with Gasteiger partial charge in [0, 0.05) is 13.1 Å². The zero-order chi connectivity index (χ0) is 15.4. The standard InChI is InChI=1S/C14H24INO4/c1-5-14(11(17)19-10-15)6-8-16(9-7-14)12(18)20-13(2,3)4/h5-10H2,1-4H3. The Hall–Kier alpha value is -0.530. The summed E-state index contributed by atoms with van der Waals surface area (Å²) in [5.74, 6) is -0.141. The number of amides is 1. The van der Waals surface area contributed by atoms with Crippen LogP contribution < -0.4 is 0 Å². The van der Waals surface area contributed by atoms with Gasteiger partial charge in [-0.3, -0.25) is 4.79 Å². The van der Waals surface area contributed by atoms with Crippen LogP contribution in [-0.2, 0) is 14.3 Å². The van der Waals surface area contributed by atoms with Gasteiger partial charge in [0.1, 0.15) is 10.2 Å². The lowest BCUT2D eigenvalue weighted by Gasteiger charge is -2.39. The molecule has 0 aliphatic carbocycles. The van der Waals surface area contributed by atoms with Gasteiger partial charge in [-0.05, 0) is 62.6 Å². The number of alkyl halides is 1. The lowest BCUT2D eigenvalue weighted by atomic mass is 9.76. The Balaban J connectivity index is 2.61. The van der Waals surface area contributed by atoms with E-state index < -0.39 is 11.0 Å². The van der Waals surface area contributed by atoms with Crippen LogP contribution >= 0.6 is 22.6 Å². The second-order valence-corrected chi connectivity index (χ2v) is 6.76. The molecule has 0 saturated carbocycles. The van der Waals surface area contributed by atoms with Crippen molar-refractivity contribution in [3.63, 3.8) is 0 Å². The van der Waals surface area contributed by atoms with Crippen molar-refractivity contribution in [2.45, 2.75) is 52.6 Å². The highest BCUT2D eigenvalue weighted by Gasteiger charge is 2.42. The highest BCUT2D eigenvalue weighted by atomic mass is 127. The van der Waals surface area contributed by atoms with Crippen LogP contribution in [0.3, 0.4) is 0 Å². The summed E-state index contributed by atoms with van der Waals surface area (Å²) in [6.07, 6.45) is 1.71. The SMILES string of the molecule is CCC1(C(=O)OCI)CCN(C(=O)OC(C)(C)C)CC1. The number of esters is 1. The molecule has 0 N–H and O–H groups in total. The van der Waals surface area contributed by atoms with Gasteiger partial charge in [-0.2, -0.15) is 0 Å². The summed E-state index contributed by atoms with van der Waals surface area (Å²) >= 11 is 2.02. The Morgan fingerprint density at radius 3 is 2.20 bits per heavy atom. The van der Waals surface area contributed by atoms with E-state index >= 15 is 0 Å². The van der Waals surface area contributed by atoms with Crippen LogP contribution in [0.1, 0.15) is 47.0 Å². The Morgan fingerprint density at radius 1 is 1.25 bits per heavy atom. The lowest BCUT2D eigenvalue weighted by molar-refractivity contribution is -0.156. The summed E-state index contributed by atoms with van der Waals surface area (Å²) in [5, 5.41) is 0. The molecule has 0 bridgehead atoms. The van der Waals surface area contributed by atoms with Crippen LogP contribution in [0.2, 0.25) is 0 Å². The number of hydrogen-bond donors (Lipinski definition) is 0. The molecule has 0 spiro atoms. The summed E-state index contributed by atoms with van der Waals surface area (Å²) in [7, 11) is 0. The van der Waals surface area contributed by atoms with E-state index in [4.69, 9.17) is 9.47 Å². The van der Waals surface area contributed by atoms with E-state index in [9.17, 15) is 9.59 Å². The minimum atomic E-state index is -0.490. The molecule has 6 heteroatoms. The molecule has 0 aromatic heterocycles. The fourth-order valence-corrected chi connectivity index (χ4v) is 2.63. The molecule has 1 amide bonds. The third-order valence-corrected chi connectivity index (χ3v) is 3.98. The van der Waals surface area contributed by atoms with Crippen LogP contribution in [0.4, 0.5) is 4.79 Å². The number of hydrogen-bond acceptors (Lipinski definition) is 4. The van der Waals surface area contributed by atoms with Gasteiger partial charge in [0.05, 0.1) is 5.41 Å². The zero-order valence-corrected chi connectivity index (χ0v) is 14.9. The smallest absolute Gasteiger partial charge is 0.410 e. The van der Waals surface area contributed by atoms with Crippen LogP contribution in [0, 0.1) is 5.41 Å². The van der Waals surface area contributed by atoms with Crippen molar-refractivity contribution in [1.29, 1.82) is 0 Å². The van der Waals surface area contributed by atoms with E-state index in [-0.39, 0.29) is 12.1 Å². The molecule has 20 heavy (non-hydrogen) atoms. The topological polar surface area (TPSA) is 55.8 Å². The molecule has 1 saturated heterocycles. The van der Waals surface area contributed by atoms with E-state index in [0.717, 1.165) is 6.42 Å². The van der Waals surface area contributed by atoms with Gasteiger partial charge in [0.2, 0.25) is 0 Å². The lowest BCUT2D eigenvalue weighted by Crippen LogP contribution is -2.48. The highest BCUT2D eigenvalue weighted by molar-refractivity contribution is 14.1. The van der Waals surface area contributed by atoms with E-state index in [1.165, 1.54) is 0 Å². The summed E-state index contributed by atoms with van der Waals surface area (Å²) in [5.41, 5.74) is -0.930. The van der Waals surface area contributed by atoms with Gasteiger partial charge in [0.15, 0.2) is 0 Å². The van der Waals surface area contributed by atoms with Gasteiger partial charge in [-0.15, -0.1) is 0 Å². The first-order valence-electron chi connectivity index (χ1n) is 6.95. The average molecular weight is 397 g/mol. The Labute approximate surface area is 134 Å². The summed E-state index contributed by atoms with van der Waals surface area (Å²) in [4.78, 5) is 25.8. The van der Waals surface area contributed by atoms with Gasteiger partial charge >= 0.3 is 12.1 Å². The van der Waals surface area contributed by atoms with E-state index in [1.807, 2.05) is 50.3 Å². The van der Waals surface area contributed by atoms with E-state index in [2.05, 4.69) is 0 Å². The molecule has 1 fully saturated rings. The number of carbonyl (C=O) groups excluding carboxylic acids is 2. The number of piperidine rings is 1. The zero-order valence-electron chi connectivity index (χ0n) is 12.7. The van der Waals surface area contributed by atoms with Crippen molar-refractivity contribution < 1.29 is 19.1 Å². The van der Waals surface area contributed by atoms with Crippen molar-refractivity contribution in [1.82, 2.24) is 4.90 Å². The second kappa shape index (κ2) is 6.95. The molecule has 1 aliphatic heterocycles. The molecule has 1 aliphatic rings. The molecule has 0 unspecified atom stereocenters. The number of ether oxygens (including phenoxy) is 2. The fraction of sp³-hybridized carbons (Fsp3) is 0.857. The normalized spacial score (nSPS) is 18.6. The van der Waals surface area contributed by atoms with E-state index in [1.54, 1.807) is 4.90 Å². The van der Waals surface area contributed by atoms with Crippen LogP contribution in [-0.4, -0.2) is 40.3 Å². The molecular formula is C14H24INO4. The Bertz CT molecular complexity index is 357. The van der Waals surface area contributed by atoms with Crippen molar-refractivity contribution in [3.05, 3.63) is 0 Å². The van der Waals surface area contributed by atoms with Gasteiger partial charge < -0.3 is 14.4 Å². The molecule has 0 aromatic carbocycles. The number of rotatable bonds is 3. The van der Waals surface area contributed by atoms with Gasteiger partial charge in [0.25, 0.3) is 0 Å². The highest BCUT2D eigenvalue weighted by Crippen LogP contribution is 2.36. The predicted molar refractivity (Wildman–Crippen MR) is 84.7 cm³/mol. The summed E-state index contributed by atoms with van der Waals surface area (Å²) in [6.45, 7) is 8.63. The van der Waals surface area contributed by atoms with Crippen LogP contribution in [0.5, 0.6) is 0 Å². The fourth-order valence-electron chi connectivity index (χ4n) is 2.35. The maximum atomic E-state index is 12.1. The largest absolute Gasteiger partial charge is 0.455 e. The molecule has 1 rings (SSSR count). The third kappa shape index (κ3) is 4.49. The van der Waals surface area contributed by atoms with Crippen molar-refractivity contribution in [2.75, 3.05) is 17.7 Å². The van der Waals surface area contributed by atoms with Crippen molar-refractivity contribution in [2.24, 2.45) is 5.41 Å². The van der Waals surface area contributed by atoms with Crippen LogP contribution in [0.15, 0.2) is 0 Å². The number of nitrogens with zero attached hydrogens (tertiary/aromatic N) is 1. The molecular weight excluding hydrogens is 373 g/mol. The number of likely N-dealkylation sites (tertiary alicyclic amines) is 1. The number of carbonyl (C=O) groups is 2. The van der Waals surface area contributed by atoms with Crippen molar-refractivity contribution in [3.8, 4) is 0 Å². The second-order valence-electron chi connectivity index (χ2n) is 6.14. The van der Waals surface area contributed by atoms with Crippen molar-refractivity contribution >= 4 is 34.7 Å². The molecule has 0 atom stereocenters. The predicted octanol–water partition coefficient (Wildman–Crippen LogP) is 3.35. The quantitative estimate of drug-likeness (QED) is 0.417. The minimum absolute atomic E-state index is 0.141. The third-order valence-electron chi connectivity index (χ3n) is 3.67. The minimum Gasteiger partial charge on any atom is -0.455 e. The molecule has 5 nitrogen and oxygen atoms in total.